The molecule has 2 amide bonds. The number of ether oxygens (including phenoxy) is 1. The third kappa shape index (κ3) is 6.81. The van der Waals surface area contributed by atoms with E-state index in [0.717, 1.165) is 27.7 Å². The Morgan fingerprint density at radius 1 is 1.14 bits per heavy atom. The molecule has 2 aromatic rings. The predicted octanol–water partition coefficient (Wildman–Crippen LogP) is 4.22. The first-order valence-corrected chi connectivity index (χ1v) is 9.77. The molecular weight excluding hydrogens is 422 g/mol. The van der Waals surface area contributed by atoms with Crippen molar-refractivity contribution < 1.29 is 14.3 Å². The van der Waals surface area contributed by atoms with Crippen LogP contribution in [0.1, 0.15) is 31.4 Å². The van der Waals surface area contributed by atoms with E-state index in [9.17, 15) is 9.59 Å². The lowest BCUT2D eigenvalue weighted by molar-refractivity contribution is -0.123. The number of anilines is 1. The number of hydrogen-bond acceptors (Lipinski definition) is 4. The Morgan fingerprint density at radius 3 is 2.61 bits per heavy atom. The number of carbonyl (C=O) groups is 2. The topological polar surface area (TPSA) is 79.8 Å². The molecule has 7 heteroatoms. The van der Waals surface area contributed by atoms with Crippen molar-refractivity contribution in [2.45, 2.75) is 33.6 Å². The Morgan fingerprint density at radius 2 is 1.89 bits per heavy atom. The van der Waals surface area contributed by atoms with Crippen molar-refractivity contribution in [1.82, 2.24) is 5.43 Å². The van der Waals surface area contributed by atoms with Gasteiger partial charge in [0.2, 0.25) is 5.91 Å². The molecule has 0 aliphatic heterocycles. The average molecular weight is 446 g/mol. The van der Waals surface area contributed by atoms with Crippen molar-refractivity contribution in [3.63, 3.8) is 0 Å². The fraction of sp³-hybridized carbons (Fsp3) is 0.286. The number of rotatable bonds is 8. The molecule has 0 aliphatic rings. The highest BCUT2D eigenvalue weighted by Gasteiger charge is 2.08. The molecule has 148 valence electrons. The van der Waals surface area contributed by atoms with E-state index >= 15 is 0 Å². The van der Waals surface area contributed by atoms with Crippen LogP contribution in [0.4, 0.5) is 5.69 Å². The highest BCUT2D eigenvalue weighted by molar-refractivity contribution is 9.10. The normalized spacial score (nSPS) is 11.1. The number of hydrogen-bond donors (Lipinski definition) is 2. The highest BCUT2D eigenvalue weighted by atomic mass is 79.9. The molecule has 0 atom stereocenters. The van der Waals surface area contributed by atoms with Crippen molar-refractivity contribution in [2.24, 2.45) is 5.10 Å². The van der Waals surface area contributed by atoms with Gasteiger partial charge in [0, 0.05) is 15.9 Å². The van der Waals surface area contributed by atoms with E-state index < -0.39 is 5.91 Å². The molecule has 0 saturated heterocycles. The standard InChI is InChI=1S/C21H24BrN3O3/c1-4-16-7-5-6-8-19(16)23-20(26)12-15(3)24-25-21(27)13-28-17-9-10-18(22)14(2)11-17/h5-11H,4,12-13H2,1-3H3,(H,23,26)(H,25,27). The zero-order valence-corrected chi connectivity index (χ0v) is 17.8. The second-order valence-corrected chi connectivity index (χ2v) is 7.17. The van der Waals surface area contributed by atoms with Crippen LogP contribution in [-0.2, 0) is 16.0 Å². The van der Waals surface area contributed by atoms with Gasteiger partial charge in [-0.25, -0.2) is 5.43 Å². The van der Waals surface area contributed by atoms with Crippen molar-refractivity contribution in [3.8, 4) is 5.75 Å². The Labute approximate surface area is 173 Å². The molecule has 2 N–H and O–H groups in total. The van der Waals surface area contributed by atoms with Crippen molar-refractivity contribution >= 4 is 39.1 Å². The van der Waals surface area contributed by atoms with Gasteiger partial charge < -0.3 is 10.1 Å². The summed E-state index contributed by atoms with van der Waals surface area (Å²) < 4.78 is 6.42. The second-order valence-electron chi connectivity index (χ2n) is 6.32. The van der Waals surface area contributed by atoms with Gasteiger partial charge >= 0.3 is 0 Å². The van der Waals surface area contributed by atoms with Gasteiger partial charge in [0.15, 0.2) is 6.61 Å². The third-order valence-electron chi connectivity index (χ3n) is 3.96. The van der Waals surface area contributed by atoms with Crippen LogP contribution >= 0.6 is 15.9 Å². The van der Waals surface area contributed by atoms with E-state index in [-0.39, 0.29) is 18.9 Å². The van der Waals surface area contributed by atoms with Crippen molar-refractivity contribution in [1.29, 1.82) is 0 Å². The summed E-state index contributed by atoms with van der Waals surface area (Å²) >= 11 is 3.41. The van der Waals surface area contributed by atoms with E-state index in [1.54, 1.807) is 13.0 Å². The van der Waals surface area contributed by atoms with Gasteiger partial charge in [-0.15, -0.1) is 0 Å². The number of nitrogens with zero attached hydrogens (tertiary/aromatic N) is 1. The van der Waals surface area contributed by atoms with Gasteiger partial charge in [-0.1, -0.05) is 41.1 Å². The maximum atomic E-state index is 12.2. The minimum Gasteiger partial charge on any atom is -0.484 e. The molecule has 0 heterocycles. The van der Waals surface area contributed by atoms with Crippen LogP contribution in [0.2, 0.25) is 0 Å². The molecule has 0 radical (unpaired) electrons. The lowest BCUT2D eigenvalue weighted by atomic mass is 10.1. The summed E-state index contributed by atoms with van der Waals surface area (Å²) in [5.74, 6) is 0.0279. The second kappa shape index (κ2) is 10.6. The molecule has 0 aliphatic carbocycles. The van der Waals surface area contributed by atoms with Gasteiger partial charge in [-0.05, 0) is 55.7 Å². The minimum absolute atomic E-state index is 0.0884. The molecule has 0 saturated carbocycles. The molecule has 28 heavy (non-hydrogen) atoms. The number of amides is 2. The monoisotopic (exact) mass is 445 g/mol. The minimum atomic E-state index is -0.392. The quantitative estimate of drug-likeness (QED) is 0.471. The molecule has 0 unspecified atom stereocenters. The summed E-state index contributed by atoms with van der Waals surface area (Å²) in [4.78, 5) is 24.1. The first-order valence-electron chi connectivity index (χ1n) is 8.97. The van der Waals surface area contributed by atoms with E-state index in [4.69, 9.17) is 4.74 Å². The van der Waals surface area contributed by atoms with Gasteiger partial charge in [0.1, 0.15) is 5.75 Å². The maximum absolute atomic E-state index is 12.2. The van der Waals surface area contributed by atoms with Crippen LogP contribution in [0.25, 0.3) is 0 Å². The Kier molecular flexibility index (Phi) is 8.19. The van der Waals surface area contributed by atoms with Crippen molar-refractivity contribution in [2.75, 3.05) is 11.9 Å². The van der Waals surface area contributed by atoms with Crippen LogP contribution in [-0.4, -0.2) is 24.1 Å². The van der Waals surface area contributed by atoms with Gasteiger partial charge in [-0.2, -0.15) is 5.10 Å². The van der Waals surface area contributed by atoms with Crippen LogP contribution in [0.15, 0.2) is 52.0 Å². The number of nitrogens with one attached hydrogen (secondary N) is 2. The number of para-hydroxylation sites is 1. The van der Waals surface area contributed by atoms with E-state index in [1.807, 2.05) is 50.2 Å². The Hall–Kier alpha value is -2.67. The van der Waals surface area contributed by atoms with Crippen LogP contribution < -0.4 is 15.5 Å². The lowest BCUT2D eigenvalue weighted by Crippen LogP contribution is -2.26. The lowest BCUT2D eigenvalue weighted by Gasteiger charge is -2.10. The van der Waals surface area contributed by atoms with Crippen LogP contribution in [0.5, 0.6) is 5.75 Å². The number of benzene rings is 2. The summed E-state index contributed by atoms with van der Waals surface area (Å²) in [6.07, 6.45) is 0.919. The largest absolute Gasteiger partial charge is 0.484 e. The number of aryl methyl sites for hydroxylation is 2. The molecule has 2 aromatic carbocycles. The van der Waals surface area contributed by atoms with E-state index in [2.05, 4.69) is 31.8 Å². The summed E-state index contributed by atoms with van der Waals surface area (Å²) in [7, 11) is 0. The molecule has 0 fully saturated rings. The third-order valence-corrected chi connectivity index (χ3v) is 4.85. The average Bonchev–Trinajstić information content (AvgIpc) is 2.67. The maximum Gasteiger partial charge on any atom is 0.277 e. The summed E-state index contributed by atoms with van der Waals surface area (Å²) in [6, 6.07) is 13.1. The van der Waals surface area contributed by atoms with Crippen LogP contribution in [0, 0.1) is 6.92 Å². The fourth-order valence-electron chi connectivity index (χ4n) is 2.46. The highest BCUT2D eigenvalue weighted by Crippen LogP contribution is 2.21. The smallest absolute Gasteiger partial charge is 0.277 e. The van der Waals surface area contributed by atoms with Gasteiger partial charge in [-0.3, -0.25) is 9.59 Å². The molecule has 6 nitrogen and oxygen atoms in total. The number of carbonyl (C=O) groups excluding carboxylic acids is 2. The molecule has 0 aromatic heterocycles. The SMILES string of the molecule is CCc1ccccc1NC(=O)CC(C)=NNC(=O)COc1ccc(Br)c(C)c1. The molecular formula is C21H24BrN3O3. The van der Waals surface area contributed by atoms with Gasteiger partial charge in [0.25, 0.3) is 5.91 Å². The zero-order chi connectivity index (χ0) is 20.5. The summed E-state index contributed by atoms with van der Waals surface area (Å²) in [5, 5.41) is 6.84. The number of halogens is 1. The van der Waals surface area contributed by atoms with Crippen LogP contribution in [0.3, 0.4) is 0 Å². The first-order chi connectivity index (χ1) is 13.4. The van der Waals surface area contributed by atoms with E-state index in [0.29, 0.717) is 11.5 Å². The predicted molar refractivity (Wildman–Crippen MR) is 115 cm³/mol. The zero-order valence-electron chi connectivity index (χ0n) is 16.2. The fourth-order valence-corrected chi connectivity index (χ4v) is 2.71. The first kappa shape index (κ1) is 21.6. The van der Waals surface area contributed by atoms with E-state index in [1.165, 1.54) is 0 Å². The van der Waals surface area contributed by atoms with Crippen molar-refractivity contribution in [3.05, 3.63) is 58.1 Å². The Bertz CT molecular complexity index is 881. The molecule has 2 rings (SSSR count). The number of hydrazone groups is 1. The molecule has 0 bridgehead atoms. The van der Waals surface area contributed by atoms with Gasteiger partial charge in [0.05, 0.1) is 6.42 Å². The molecule has 0 spiro atoms. The summed E-state index contributed by atoms with van der Waals surface area (Å²) in [5.41, 5.74) is 5.79. The Balaban J connectivity index is 1.80. The summed E-state index contributed by atoms with van der Waals surface area (Å²) in [6.45, 7) is 5.50.